The molecule has 0 bridgehead atoms. The summed E-state index contributed by atoms with van der Waals surface area (Å²) in [6.45, 7) is 0. The third-order valence-corrected chi connectivity index (χ3v) is 4.82. The topological polar surface area (TPSA) is 74.9 Å². The lowest BCUT2D eigenvalue weighted by Crippen LogP contribution is -2.07. The smallest absolute Gasteiger partial charge is 0.471 e. The zero-order chi connectivity index (χ0) is 17.2. The Balaban J connectivity index is 2.08. The Morgan fingerprint density at radius 3 is 2.52 bits per heavy atom. The van der Waals surface area contributed by atoms with Crippen molar-refractivity contribution >= 4 is 22.5 Å². The maximum atomic E-state index is 12.6. The van der Waals surface area contributed by atoms with E-state index < -0.39 is 53.1 Å². The van der Waals surface area contributed by atoms with E-state index in [0.29, 0.717) is 0 Å². The monoisotopic (exact) mass is 377 g/mol. The van der Waals surface area contributed by atoms with Crippen LogP contribution in [-0.4, -0.2) is 25.4 Å². The number of thiazole rings is 1. The second-order valence-corrected chi connectivity index (χ2v) is 6.49. The van der Waals surface area contributed by atoms with Crippen molar-refractivity contribution in [3.8, 4) is 11.5 Å². The third kappa shape index (κ3) is 4.45. The number of nitrogens with zero attached hydrogens (tertiary/aromatic N) is 3. The third-order valence-electron chi connectivity index (χ3n) is 2.29. The fourth-order valence-electron chi connectivity index (χ4n) is 1.27. The molecular weight excluding hydrogens is 372 g/mol. The highest BCUT2D eigenvalue weighted by Gasteiger charge is 2.38. The molecule has 0 amide bonds. The molecule has 0 aliphatic rings. The zero-order valence-corrected chi connectivity index (χ0v) is 12.4. The number of aromatic nitrogens is 3. The summed E-state index contributed by atoms with van der Waals surface area (Å²) in [7, 11) is 0. The predicted molar refractivity (Wildman–Crippen MR) is 66.7 cm³/mol. The minimum absolute atomic E-state index is 0.0783. The zero-order valence-electron chi connectivity index (χ0n) is 10.7. The van der Waals surface area contributed by atoms with Crippen LogP contribution in [0.2, 0.25) is 0 Å². The lowest BCUT2D eigenvalue weighted by Gasteiger charge is -2.04. The van der Waals surface area contributed by atoms with Crippen LogP contribution in [0.5, 0.6) is 0 Å². The molecule has 0 aromatic carbocycles. The number of alkyl halides is 3. The quantitative estimate of drug-likeness (QED) is 0.586. The van der Waals surface area contributed by atoms with E-state index in [1.807, 2.05) is 0 Å². The summed E-state index contributed by atoms with van der Waals surface area (Å²) in [6, 6.07) is 0. The molecule has 0 N–H and O–H groups in total. The second kappa shape index (κ2) is 6.88. The Hall–Kier alpha value is -1.60. The molecule has 2 aromatic heterocycles. The Kier molecular flexibility index (Phi) is 5.31. The molecule has 5 nitrogen and oxygen atoms in total. The molecule has 2 aromatic rings. The van der Waals surface area contributed by atoms with Crippen molar-refractivity contribution in [3.05, 3.63) is 23.2 Å². The van der Waals surface area contributed by atoms with Crippen LogP contribution >= 0.6 is 11.3 Å². The van der Waals surface area contributed by atoms with E-state index in [1.54, 1.807) is 0 Å². The highest BCUT2D eigenvalue weighted by atomic mass is 32.2. The number of halogens is 6. The van der Waals surface area contributed by atoms with Gasteiger partial charge in [-0.25, -0.2) is 4.39 Å². The standard InChI is InChI=1S/C10H5F6N3O2S2/c11-4(6(12)13)1-2-23(20)9-17-5(3-22-9)7-18-8(21-19-7)10(14,15)16/h3H,1-2H2. The highest BCUT2D eigenvalue weighted by molar-refractivity contribution is 7.93. The number of allylic oxidation sites excluding steroid dienone is 1. The molecule has 13 heteroatoms. The van der Waals surface area contributed by atoms with E-state index in [9.17, 15) is 30.9 Å². The molecule has 0 spiro atoms. The molecule has 0 fully saturated rings. The normalized spacial score (nSPS) is 13.2. The van der Waals surface area contributed by atoms with Gasteiger partial charge in [-0.15, -0.1) is 0 Å². The van der Waals surface area contributed by atoms with Crippen molar-refractivity contribution in [2.75, 3.05) is 5.75 Å². The first-order valence-electron chi connectivity index (χ1n) is 5.63. The van der Waals surface area contributed by atoms with Crippen molar-refractivity contribution in [3.63, 3.8) is 0 Å². The minimum atomic E-state index is -4.81. The molecular formula is C10H5F6N3O2S2. The van der Waals surface area contributed by atoms with Gasteiger partial charge in [-0.1, -0.05) is 16.5 Å². The van der Waals surface area contributed by atoms with Crippen LogP contribution in [0.25, 0.3) is 11.5 Å². The molecule has 0 saturated heterocycles. The van der Waals surface area contributed by atoms with Gasteiger partial charge in [0.05, 0.1) is 6.42 Å². The molecule has 0 aliphatic heterocycles. The predicted octanol–water partition coefficient (Wildman–Crippen LogP) is 3.79. The maximum absolute atomic E-state index is 12.6. The first-order chi connectivity index (χ1) is 10.7. The molecule has 0 aliphatic carbocycles. The molecule has 126 valence electrons. The summed E-state index contributed by atoms with van der Waals surface area (Å²) >= 11 is -1.10. The highest BCUT2D eigenvalue weighted by Crippen LogP contribution is 2.30. The van der Waals surface area contributed by atoms with Gasteiger partial charge in [-0.2, -0.15) is 31.9 Å². The number of hydrogen-bond donors (Lipinski definition) is 0. The Bertz CT molecular complexity index is 710. The van der Waals surface area contributed by atoms with Crippen LogP contribution in [0.3, 0.4) is 0 Å². The largest absolute Gasteiger partial charge is 0.610 e. The fraction of sp³-hybridized carbons (Fsp3) is 0.300. The summed E-state index contributed by atoms with van der Waals surface area (Å²) in [5.41, 5.74) is -0.120. The van der Waals surface area contributed by atoms with Gasteiger partial charge in [0.1, 0.15) is 11.4 Å². The van der Waals surface area contributed by atoms with Gasteiger partial charge in [-0.3, -0.25) is 0 Å². The molecule has 2 heterocycles. The van der Waals surface area contributed by atoms with Crippen LogP contribution in [0, 0.1) is 0 Å². The van der Waals surface area contributed by atoms with Gasteiger partial charge < -0.3 is 9.08 Å². The van der Waals surface area contributed by atoms with E-state index >= 15 is 0 Å². The van der Waals surface area contributed by atoms with Crippen molar-refractivity contribution < 1.29 is 35.4 Å². The summed E-state index contributed by atoms with van der Waals surface area (Å²) in [5, 5.41) is 4.32. The summed E-state index contributed by atoms with van der Waals surface area (Å²) < 4.78 is 89.1. The van der Waals surface area contributed by atoms with Gasteiger partial charge >= 0.3 is 22.5 Å². The van der Waals surface area contributed by atoms with Gasteiger partial charge in [-0.05, 0) is 0 Å². The number of hydrogen-bond acceptors (Lipinski definition) is 6. The average Bonchev–Trinajstić information content (AvgIpc) is 3.11. The van der Waals surface area contributed by atoms with Crippen LogP contribution < -0.4 is 0 Å². The molecule has 1 unspecified atom stereocenters. The van der Waals surface area contributed by atoms with E-state index in [1.165, 1.54) is 5.38 Å². The first kappa shape index (κ1) is 17.7. The van der Waals surface area contributed by atoms with E-state index in [0.717, 1.165) is 11.3 Å². The van der Waals surface area contributed by atoms with Crippen molar-refractivity contribution in [1.29, 1.82) is 0 Å². The van der Waals surface area contributed by atoms with E-state index in [4.69, 9.17) is 0 Å². The maximum Gasteiger partial charge on any atom is 0.471 e. The summed E-state index contributed by atoms with van der Waals surface area (Å²) in [6.07, 6.45) is -8.05. The van der Waals surface area contributed by atoms with Gasteiger partial charge in [0, 0.05) is 16.6 Å². The fourth-order valence-corrected chi connectivity index (χ4v) is 3.36. The minimum Gasteiger partial charge on any atom is -0.610 e. The Labute approximate surface area is 131 Å². The molecule has 23 heavy (non-hydrogen) atoms. The second-order valence-electron chi connectivity index (χ2n) is 3.88. The van der Waals surface area contributed by atoms with Crippen LogP contribution in [0.15, 0.2) is 26.2 Å². The molecule has 1 atom stereocenters. The van der Waals surface area contributed by atoms with Crippen LogP contribution in [0.4, 0.5) is 26.3 Å². The Morgan fingerprint density at radius 2 is 1.96 bits per heavy atom. The summed E-state index contributed by atoms with van der Waals surface area (Å²) in [4.78, 5) is 6.84. The van der Waals surface area contributed by atoms with Crippen molar-refractivity contribution in [2.24, 2.45) is 0 Å². The SMILES string of the molecule is [O-][S+](CCC(F)=C(F)F)c1nc(-c2noc(C(F)(F)F)n2)cs1. The van der Waals surface area contributed by atoms with E-state index in [2.05, 4.69) is 19.6 Å². The first-order valence-corrected chi connectivity index (χ1v) is 7.83. The average molecular weight is 377 g/mol. The molecule has 0 radical (unpaired) electrons. The van der Waals surface area contributed by atoms with Gasteiger partial charge in [0.25, 0.3) is 0 Å². The van der Waals surface area contributed by atoms with Gasteiger partial charge in [0.15, 0.2) is 5.83 Å². The van der Waals surface area contributed by atoms with Crippen molar-refractivity contribution in [2.45, 2.75) is 16.9 Å². The van der Waals surface area contributed by atoms with E-state index in [-0.39, 0.29) is 10.0 Å². The molecule has 0 saturated carbocycles. The van der Waals surface area contributed by atoms with Gasteiger partial charge in [0.2, 0.25) is 5.82 Å². The lowest BCUT2D eigenvalue weighted by molar-refractivity contribution is -0.159. The number of rotatable bonds is 5. The Morgan fingerprint density at radius 1 is 1.26 bits per heavy atom. The lowest BCUT2D eigenvalue weighted by atomic mass is 10.4. The summed E-state index contributed by atoms with van der Waals surface area (Å²) in [5.74, 6) is -4.15. The molecule has 2 rings (SSSR count). The van der Waals surface area contributed by atoms with Crippen molar-refractivity contribution in [1.82, 2.24) is 15.1 Å². The van der Waals surface area contributed by atoms with Crippen LogP contribution in [-0.2, 0) is 17.4 Å². The van der Waals surface area contributed by atoms with Crippen LogP contribution in [0.1, 0.15) is 12.3 Å².